The van der Waals surface area contributed by atoms with Crippen molar-refractivity contribution in [2.45, 2.75) is 32.4 Å². The number of carbonyl (C=O) groups excluding carboxylic acids is 2. The van der Waals surface area contributed by atoms with E-state index in [4.69, 9.17) is 10.5 Å². The van der Waals surface area contributed by atoms with Gasteiger partial charge in [-0.1, -0.05) is 0 Å². The van der Waals surface area contributed by atoms with Crippen LogP contribution in [0.2, 0.25) is 0 Å². The second-order valence-corrected chi connectivity index (χ2v) is 4.44. The van der Waals surface area contributed by atoms with Gasteiger partial charge in [-0.05, 0) is 19.8 Å². The second kappa shape index (κ2) is 5.29. The van der Waals surface area contributed by atoms with Crippen LogP contribution in [0.4, 0.5) is 5.69 Å². The lowest BCUT2D eigenvalue weighted by Crippen LogP contribution is -2.42. The van der Waals surface area contributed by atoms with Crippen LogP contribution in [-0.2, 0) is 16.1 Å². The molecule has 0 saturated carbocycles. The van der Waals surface area contributed by atoms with Gasteiger partial charge in [-0.25, -0.2) is 4.79 Å². The number of ether oxygens (including phenoxy) is 1. The number of hydrogen-bond acceptors (Lipinski definition) is 5. The number of likely N-dealkylation sites (tertiary alicyclic amines) is 1. The van der Waals surface area contributed by atoms with Crippen LogP contribution in [0.15, 0.2) is 6.20 Å². The molecule has 0 aliphatic carbocycles. The molecule has 1 saturated heterocycles. The molecule has 1 fully saturated rings. The molecule has 1 atom stereocenters. The molecule has 1 amide bonds. The number of nitrogens with two attached hydrogens (primary N) is 1. The molecule has 1 aromatic heterocycles. The Morgan fingerprint density at radius 1 is 1.58 bits per heavy atom. The number of hydrogen-bond donors (Lipinski definition) is 1. The molecule has 0 radical (unpaired) electrons. The summed E-state index contributed by atoms with van der Waals surface area (Å²) in [6.07, 6.45) is 2.87. The van der Waals surface area contributed by atoms with E-state index in [0.29, 0.717) is 30.9 Å². The molecule has 0 bridgehead atoms. The molecular weight excluding hydrogens is 248 g/mol. The highest BCUT2D eigenvalue weighted by Gasteiger charge is 2.37. The number of methoxy groups -OCH3 is 1. The summed E-state index contributed by atoms with van der Waals surface area (Å²) in [6, 6.07) is -0.517. The quantitative estimate of drug-likeness (QED) is 0.793. The van der Waals surface area contributed by atoms with Crippen molar-refractivity contribution < 1.29 is 14.3 Å². The summed E-state index contributed by atoms with van der Waals surface area (Å²) in [6.45, 7) is 2.97. The molecular formula is C12H18N4O3. The van der Waals surface area contributed by atoms with Crippen molar-refractivity contribution in [2.24, 2.45) is 0 Å². The lowest BCUT2D eigenvalue weighted by atomic mass is 10.2. The molecule has 1 aliphatic rings. The van der Waals surface area contributed by atoms with Gasteiger partial charge in [0.1, 0.15) is 11.7 Å². The van der Waals surface area contributed by atoms with E-state index in [1.807, 2.05) is 6.92 Å². The minimum atomic E-state index is -0.517. The van der Waals surface area contributed by atoms with Crippen LogP contribution >= 0.6 is 0 Å². The smallest absolute Gasteiger partial charge is 0.328 e. The molecule has 1 aliphatic heterocycles. The van der Waals surface area contributed by atoms with Gasteiger partial charge in [0, 0.05) is 13.1 Å². The Morgan fingerprint density at radius 2 is 2.32 bits per heavy atom. The average Bonchev–Trinajstić information content (AvgIpc) is 3.03. The Morgan fingerprint density at radius 3 is 2.95 bits per heavy atom. The first-order chi connectivity index (χ1) is 9.10. The number of esters is 1. The van der Waals surface area contributed by atoms with Gasteiger partial charge in [-0.2, -0.15) is 5.10 Å². The van der Waals surface area contributed by atoms with Gasteiger partial charge in [-0.3, -0.25) is 9.48 Å². The number of anilines is 1. The number of nitrogen functional groups attached to an aromatic ring is 1. The number of rotatable bonds is 3. The fourth-order valence-corrected chi connectivity index (χ4v) is 2.40. The summed E-state index contributed by atoms with van der Waals surface area (Å²) in [5, 5.41) is 4.04. The maximum atomic E-state index is 12.5. The normalized spacial score (nSPS) is 18.6. The first-order valence-electron chi connectivity index (χ1n) is 6.30. The molecule has 1 aromatic rings. The van der Waals surface area contributed by atoms with E-state index < -0.39 is 6.04 Å². The van der Waals surface area contributed by atoms with Crippen molar-refractivity contribution in [3.05, 3.63) is 11.9 Å². The maximum Gasteiger partial charge on any atom is 0.328 e. The van der Waals surface area contributed by atoms with Crippen LogP contribution in [0.1, 0.15) is 30.3 Å². The summed E-state index contributed by atoms with van der Waals surface area (Å²) in [4.78, 5) is 25.7. The van der Waals surface area contributed by atoms with Crippen molar-refractivity contribution in [3.63, 3.8) is 0 Å². The van der Waals surface area contributed by atoms with Crippen LogP contribution in [0.3, 0.4) is 0 Å². The van der Waals surface area contributed by atoms with Crippen LogP contribution in [0, 0.1) is 0 Å². The van der Waals surface area contributed by atoms with E-state index in [-0.39, 0.29) is 11.9 Å². The highest BCUT2D eigenvalue weighted by molar-refractivity contribution is 5.99. The predicted molar refractivity (Wildman–Crippen MR) is 68.4 cm³/mol. The van der Waals surface area contributed by atoms with Crippen molar-refractivity contribution in [1.29, 1.82) is 0 Å². The van der Waals surface area contributed by atoms with E-state index in [1.165, 1.54) is 18.2 Å². The Hall–Kier alpha value is -2.05. The van der Waals surface area contributed by atoms with Gasteiger partial charge in [0.25, 0.3) is 5.91 Å². The molecule has 104 valence electrons. The summed E-state index contributed by atoms with van der Waals surface area (Å²) >= 11 is 0. The van der Waals surface area contributed by atoms with E-state index in [2.05, 4.69) is 5.10 Å². The lowest BCUT2D eigenvalue weighted by molar-refractivity contribution is -0.145. The van der Waals surface area contributed by atoms with Crippen LogP contribution in [0.25, 0.3) is 0 Å². The standard InChI is InChI=1S/C12H18N4O3/c1-3-16-10(8(13)7-14-16)11(17)15-6-4-5-9(15)12(18)19-2/h7,9H,3-6,13H2,1-2H3. The van der Waals surface area contributed by atoms with Crippen molar-refractivity contribution >= 4 is 17.6 Å². The summed E-state index contributed by atoms with van der Waals surface area (Å²) in [5.74, 6) is -0.642. The van der Waals surface area contributed by atoms with E-state index in [9.17, 15) is 9.59 Å². The molecule has 2 rings (SSSR count). The monoisotopic (exact) mass is 266 g/mol. The molecule has 1 unspecified atom stereocenters. The van der Waals surface area contributed by atoms with E-state index >= 15 is 0 Å². The Bertz CT molecular complexity index is 497. The van der Waals surface area contributed by atoms with Gasteiger partial charge in [0.05, 0.1) is 19.0 Å². The third-order valence-corrected chi connectivity index (χ3v) is 3.36. The van der Waals surface area contributed by atoms with E-state index in [1.54, 1.807) is 4.68 Å². The molecule has 7 heteroatoms. The zero-order valence-corrected chi connectivity index (χ0v) is 11.1. The molecule has 7 nitrogen and oxygen atoms in total. The number of amides is 1. The summed E-state index contributed by atoms with van der Waals surface area (Å²) < 4.78 is 6.28. The summed E-state index contributed by atoms with van der Waals surface area (Å²) in [5.41, 5.74) is 6.47. The molecule has 0 aromatic carbocycles. The topological polar surface area (TPSA) is 90.5 Å². The molecule has 2 heterocycles. The molecule has 2 N–H and O–H groups in total. The Kier molecular flexibility index (Phi) is 3.73. The fraction of sp³-hybridized carbons (Fsp3) is 0.583. The second-order valence-electron chi connectivity index (χ2n) is 4.44. The fourth-order valence-electron chi connectivity index (χ4n) is 2.40. The van der Waals surface area contributed by atoms with Gasteiger partial charge < -0.3 is 15.4 Å². The lowest BCUT2D eigenvalue weighted by Gasteiger charge is -2.23. The van der Waals surface area contributed by atoms with Crippen LogP contribution in [0.5, 0.6) is 0 Å². The largest absolute Gasteiger partial charge is 0.467 e. The number of aryl methyl sites for hydroxylation is 1. The third kappa shape index (κ3) is 2.27. The van der Waals surface area contributed by atoms with Gasteiger partial charge in [-0.15, -0.1) is 0 Å². The van der Waals surface area contributed by atoms with Crippen molar-refractivity contribution in [2.75, 3.05) is 19.4 Å². The number of carbonyl (C=O) groups is 2. The van der Waals surface area contributed by atoms with Gasteiger partial charge in [0.15, 0.2) is 0 Å². The molecule has 19 heavy (non-hydrogen) atoms. The highest BCUT2D eigenvalue weighted by Crippen LogP contribution is 2.23. The maximum absolute atomic E-state index is 12.5. The van der Waals surface area contributed by atoms with E-state index in [0.717, 1.165) is 6.42 Å². The van der Waals surface area contributed by atoms with Crippen LogP contribution < -0.4 is 5.73 Å². The highest BCUT2D eigenvalue weighted by atomic mass is 16.5. The van der Waals surface area contributed by atoms with Gasteiger partial charge in [0.2, 0.25) is 0 Å². The van der Waals surface area contributed by atoms with Crippen molar-refractivity contribution in [3.8, 4) is 0 Å². The predicted octanol–water partition coefficient (Wildman–Crippen LogP) is 0.263. The Balaban J connectivity index is 2.28. The number of aromatic nitrogens is 2. The molecule has 0 spiro atoms. The zero-order chi connectivity index (χ0) is 14.0. The first kappa shape index (κ1) is 13.4. The Labute approximate surface area is 111 Å². The first-order valence-corrected chi connectivity index (χ1v) is 6.30. The van der Waals surface area contributed by atoms with Crippen molar-refractivity contribution in [1.82, 2.24) is 14.7 Å². The van der Waals surface area contributed by atoms with Crippen LogP contribution in [-0.4, -0.2) is 46.3 Å². The number of nitrogens with zero attached hydrogens (tertiary/aromatic N) is 3. The average molecular weight is 266 g/mol. The minimum absolute atomic E-state index is 0.259. The summed E-state index contributed by atoms with van der Waals surface area (Å²) in [7, 11) is 1.33. The minimum Gasteiger partial charge on any atom is -0.467 e. The zero-order valence-electron chi connectivity index (χ0n) is 11.1. The third-order valence-electron chi connectivity index (χ3n) is 3.36. The van der Waals surface area contributed by atoms with Gasteiger partial charge >= 0.3 is 5.97 Å². The SMILES string of the molecule is CCn1ncc(N)c1C(=O)N1CCCC1C(=O)OC.